The second-order valence-corrected chi connectivity index (χ2v) is 4.17. The largest absolute Gasteiger partial charge is 0.460 e. The highest BCUT2D eigenvalue weighted by atomic mass is 16.5. The van der Waals surface area contributed by atoms with Crippen LogP contribution in [0.25, 0.3) is 0 Å². The van der Waals surface area contributed by atoms with Gasteiger partial charge >= 0.3 is 5.97 Å². The van der Waals surface area contributed by atoms with Crippen LogP contribution in [0, 0.1) is 0 Å². The first kappa shape index (κ1) is 15.2. The van der Waals surface area contributed by atoms with Crippen molar-refractivity contribution in [1.29, 1.82) is 0 Å². The SMILES string of the molecule is C=CCOC(=O)CNC(=O)CN1CCN(C=O)CC1. The molecular weight excluding hydrogens is 250 g/mol. The van der Waals surface area contributed by atoms with Gasteiger partial charge < -0.3 is 15.0 Å². The van der Waals surface area contributed by atoms with Crippen molar-refractivity contribution in [2.45, 2.75) is 0 Å². The van der Waals surface area contributed by atoms with E-state index in [4.69, 9.17) is 4.74 Å². The minimum absolute atomic E-state index is 0.138. The van der Waals surface area contributed by atoms with Crippen LogP contribution in [-0.4, -0.2) is 74.0 Å². The molecule has 106 valence electrons. The molecule has 1 saturated heterocycles. The Hall–Kier alpha value is -1.89. The molecule has 1 N–H and O–H groups in total. The summed E-state index contributed by atoms with van der Waals surface area (Å²) in [6, 6.07) is 0. The third-order valence-corrected chi connectivity index (χ3v) is 2.72. The Morgan fingerprint density at radius 2 is 1.95 bits per heavy atom. The molecule has 2 amide bonds. The molecular formula is C12H19N3O4. The highest BCUT2D eigenvalue weighted by Gasteiger charge is 2.17. The van der Waals surface area contributed by atoms with E-state index in [0.717, 1.165) is 6.41 Å². The number of hydrogen-bond acceptors (Lipinski definition) is 5. The number of nitrogens with zero attached hydrogens (tertiary/aromatic N) is 2. The van der Waals surface area contributed by atoms with Crippen molar-refractivity contribution in [3.05, 3.63) is 12.7 Å². The van der Waals surface area contributed by atoms with E-state index in [1.165, 1.54) is 6.08 Å². The van der Waals surface area contributed by atoms with E-state index in [9.17, 15) is 14.4 Å². The van der Waals surface area contributed by atoms with Gasteiger partial charge in [-0.25, -0.2) is 0 Å². The molecule has 1 fully saturated rings. The Morgan fingerprint density at radius 3 is 2.53 bits per heavy atom. The number of rotatable bonds is 7. The topological polar surface area (TPSA) is 79.0 Å². The van der Waals surface area contributed by atoms with E-state index in [2.05, 4.69) is 11.9 Å². The maximum atomic E-state index is 11.6. The van der Waals surface area contributed by atoms with Crippen LogP contribution in [0.5, 0.6) is 0 Å². The van der Waals surface area contributed by atoms with E-state index in [0.29, 0.717) is 26.2 Å². The molecule has 1 aliphatic rings. The monoisotopic (exact) mass is 269 g/mol. The second-order valence-electron chi connectivity index (χ2n) is 4.17. The predicted molar refractivity (Wildman–Crippen MR) is 68.2 cm³/mol. The minimum Gasteiger partial charge on any atom is -0.460 e. The predicted octanol–water partition coefficient (Wildman–Crippen LogP) is -1.39. The minimum atomic E-state index is -0.487. The quantitative estimate of drug-likeness (QED) is 0.349. The van der Waals surface area contributed by atoms with Crippen molar-refractivity contribution in [2.75, 3.05) is 45.9 Å². The van der Waals surface area contributed by atoms with Gasteiger partial charge in [-0.1, -0.05) is 12.7 Å². The summed E-state index contributed by atoms with van der Waals surface area (Å²) in [4.78, 5) is 36.8. The molecule has 0 spiro atoms. The van der Waals surface area contributed by atoms with Crippen LogP contribution in [0.4, 0.5) is 0 Å². The first-order chi connectivity index (χ1) is 9.15. The molecule has 0 aromatic carbocycles. The summed E-state index contributed by atoms with van der Waals surface area (Å²) >= 11 is 0. The Balaban J connectivity index is 2.15. The molecule has 7 nitrogen and oxygen atoms in total. The number of ether oxygens (including phenoxy) is 1. The average Bonchev–Trinajstić information content (AvgIpc) is 2.43. The van der Waals surface area contributed by atoms with Gasteiger partial charge in [0.05, 0.1) is 6.54 Å². The first-order valence-corrected chi connectivity index (χ1v) is 6.10. The van der Waals surface area contributed by atoms with E-state index < -0.39 is 5.97 Å². The van der Waals surface area contributed by atoms with Crippen molar-refractivity contribution >= 4 is 18.3 Å². The fraction of sp³-hybridized carbons (Fsp3) is 0.583. The molecule has 1 rings (SSSR count). The van der Waals surface area contributed by atoms with Gasteiger partial charge in [0.1, 0.15) is 13.2 Å². The number of carbonyl (C=O) groups is 3. The standard InChI is InChI=1S/C12H19N3O4/c1-2-7-19-12(18)8-13-11(17)9-14-3-5-15(10-16)6-4-14/h2,10H,1,3-9H2,(H,13,17). The molecule has 19 heavy (non-hydrogen) atoms. The fourth-order valence-corrected chi connectivity index (χ4v) is 1.66. The highest BCUT2D eigenvalue weighted by molar-refractivity contribution is 5.83. The lowest BCUT2D eigenvalue weighted by Crippen LogP contribution is -2.49. The van der Waals surface area contributed by atoms with Crippen LogP contribution in [0.15, 0.2) is 12.7 Å². The zero-order valence-electron chi connectivity index (χ0n) is 10.8. The normalized spacial score (nSPS) is 15.7. The van der Waals surface area contributed by atoms with Crippen molar-refractivity contribution < 1.29 is 19.1 Å². The number of hydrogen-bond donors (Lipinski definition) is 1. The third kappa shape index (κ3) is 6.01. The van der Waals surface area contributed by atoms with Crippen molar-refractivity contribution in [1.82, 2.24) is 15.1 Å². The fourth-order valence-electron chi connectivity index (χ4n) is 1.66. The highest BCUT2D eigenvalue weighted by Crippen LogP contribution is 1.98. The van der Waals surface area contributed by atoms with E-state index >= 15 is 0 Å². The Kier molecular flexibility index (Phi) is 6.59. The second kappa shape index (κ2) is 8.25. The Labute approximate surface area is 112 Å². The van der Waals surface area contributed by atoms with Crippen LogP contribution in [-0.2, 0) is 19.1 Å². The third-order valence-electron chi connectivity index (χ3n) is 2.72. The van der Waals surface area contributed by atoms with Gasteiger partial charge in [0, 0.05) is 26.2 Å². The van der Waals surface area contributed by atoms with Crippen molar-refractivity contribution in [3.8, 4) is 0 Å². The molecule has 7 heteroatoms. The Morgan fingerprint density at radius 1 is 1.26 bits per heavy atom. The summed E-state index contributed by atoms with van der Waals surface area (Å²) in [5, 5.41) is 2.49. The van der Waals surface area contributed by atoms with Gasteiger partial charge in [0.25, 0.3) is 0 Å². The summed E-state index contributed by atoms with van der Waals surface area (Å²) in [5.74, 6) is -0.714. The van der Waals surface area contributed by atoms with Gasteiger partial charge in [0.2, 0.25) is 12.3 Å². The zero-order chi connectivity index (χ0) is 14.1. The van der Waals surface area contributed by atoms with E-state index in [1.807, 2.05) is 4.90 Å². The van der Waals surface area contributed by atoms with Crippen LogP contribution in [0.3, 0.4) is 0 Å². The molecule has 0 aliphatic carbocycles. The summed E-state index contributed by atoms with van der Waals surface area (Å²) in [7, 11) is 0. The summed E-state index contributed by atoms with van der Waals surface area (Å²) in [5.41, 5.74) is 0. The van der Waals surface area contributed by atoms with Gasteiger partial charge in [-0.3, -0.25) is 19.3 Å². The van der Waals surface area contributed by atoms with Crippen LogP contribution in [0.1, 0.15) is 0 Å². The van der Waals surface area contributed by atoms with Gasteiger partial charge in [0.15, 0.2) is 0 Å². The Bertz CT molecular complexity index is 338. The lowest BCUT2D eigenvalue weighted by atomic mass is 10.3. The zero-order valence-corrected chi connectivity index (χ0v) is 10.8. The van der Waals surface area contributed by atoms with Crippen LogP contribution >= 0.6 is 0 Å². The number of nitrogens with one attached hydrogen (secondary N) is 1. The molecule has 0 aromatic rings. The lowest BCUT2D eigenvalue weighted by molar-refractivity contribution is -0.143. The average molecular weight is 269 g/mol. The first-order valence-electron chi connectivity index (χ1n) is 6.10. The molecule has 0 saturated carbocycles. The van der Waals surface area contributed by atoms with Crippen LogP contribution < -0.4 is 5.32 Å². The van der Waals surface area contributed by atoms with E-state index in [1.54, 1.807) is 4.90 Å². The van der Waals surface area contributed by atoms with Gasteiger partial charge in [-0.05, 0) is 0 Å². The molecule has 0 radical (unpaired) electrons. The number of piperazine rings is 1. The number of carbonyl (C=O) groups excluding carboxylic acids is 3. The van der Waals surface area contributed by atoms with Crippen molar-refractivity contribution in [2.24, 2.45) is 0 Å². The molecule has 1 aliphatic heterocycles. The molecule has 0 unspecified atom stereocenters. The summed E-state index contributed by atoms with van der Waals surface area (Å²) in [6.45, 7) is 6.21. The molecule has 0 atom stereocenters. The molecule has 0 bridgehead atoms. The molecule has 0 aromatic heterocycles. The summed E-state index contributed by atoms with van der Waals surface area (Å²) in [6.07, 6.45) is 2.28. The maximum absolute atomic E-state index is 11.6. The van der Waals surface area contributed by atoms with Crippen molar-refractivity contribution in [3.63, 3.8) is 0 Å². The van der Waals surface area contributed by atoms with Gasteiger partial charge in [-0.2, -0.15) is 0 Å². The summed E-state index contributed by atoms with van der Waals surface area (Å²) < 4.78 is 4.73. The number of amides is 2. The molecule has 1 heterocycles. The van der Waals surface area contributed by atoms with Crippen LogP contribution in [0.2, 0.25) is 0 Å². The smallest absolute Gasteiger partial charge is 0.325 e. The van der Waals surface area contributed by atoms with Gasteiger partial charge in [-0.15, -0.1) is 0 Å². The lowest BCUT2D eigenvalue weighted by Gasteiger charge is -2.31. The van der Waals surface area contributed by atoms with E-state index in [-0.39, 0.29) is 25.6 Å². The maximum Gasteiger partial charge on any atom is 0.325 e. The number of esters is 1.